The van der Waals surface area contributed by atoms with E-state index in [4.69, 9.17) is 9.73 Å². The number of nitrogens with one attached hydrogen (secondary N) is 2. The molecule has 10 heteroatoms. The minimum atomic E-state index is -4.12. The van der Waals surface area contributed by atoms with Crippen LogP contribution < -0.4 is 10.6 Å². The number of ether oxygens (including phenoxy) is 1. The van der Waals surface area contributed by atoms with Crippen LogP contribution in [0.3, 0.4) is 0 Å². The van der Waals surface area contributed by atoms with E-state index in [-0.39, 0.29) is 29.9 Å². The first-order chi connectivity index (χ1) is 14.4. The van der Waals surface area contributed by atoms with E-state index in [1.807, 2.05) is 6.92 Å². The summed E-state index contributed by atoms with van der Waals surface area (Å²) in [6, 6.07) is 0.383. The van der Waals surface area contributed by atoms with Crippen molar-refractivity contribution in [3.05, 3.63) is 0 Å². The molecule has 6 nitrogen and oxygen atoms in total. The van der Waals surface area contributed by atoms with Crippen molar-refractivity contribution in [3.8, 4) is 0 Å². The van der Waals surface area contributed by atoms with Crippen LogP contribution in [0.15, 0.2) is 4.99 Å². The lowest BCUT2D eigenvalue weighted by Crippen LogP contribution is -2.49. The summed E-state index contributed by atoms with van der Waals surface area (Å²) < 4.78 is 43.3. The van der Waals surface area contributed by atoms with E-state index in [2.05, 4.69) is 29.4 Å². The monoisotopic (exact) mass is 563 g/mol. The summed E-state index contributed by atoms with van der Waals surface area (Å²) in [6.45, 7) is 12.2. The molecule has 2 heterocycles. The molecule has 2 aliphatic rings. The molecule has 0 aromatic rings. The quantitative estimate of drug-likeness (QED) is 0.243. The van der Waals surface area contributed by atoms with Crippen molar-refractivity contribution in [1.82, 2.24) is 20.4 Å². The molecule has 2 atom stereocenters. The van der Waals surface area contributed by atoms with E-state index < -0.39 is 12.7 Å². The number of rotatable bonds is 10. The summed E-state index contributed by atoms with van der Waals surface area (Å²) in [7, 11) is 0. The third-order valence-electron chi connectivity index (χ3n) is 6.22. The number of guanidine groups is 1. The fraction of sp³-hybridized carbons (Fsp3) is 0.952. The lowest BCUT2D eigenvalue weighted by molar-refractivity contribution is -0.143. The Morgan fingerprint density at radius 2 is 1.77 bits per heavy atom. The standard InChI is InChI=1S/C21H40F3N5O.HI/c1-4-18(5-2)19(29-9-11-30-12-10-29)14-27-20(25-6-3)26-13-17-7-8-28(15-17)16-21(22,23)24;/h17-19H,4-16H2,1-3H3,(H2,25,26,27);1H. The molecule has 2 aliphatic heterocycles. The first-order valence-corrected chi connectivity index (χ1v) is 11.5. The Bertz CT molecular complexity index is 514. The van der Waals surface area contributed by atoms with Crippen LogP contribution >= 0.6 is 24.0 Å². The van der Waals surface area contributed by atoms with Crippen molar-refractivity contribution in [3.63, 3.8) is 0 Å². The molecule has 0 aromatic heterocycles. The number of halogens is 4. The molecule has 31 heavy (non-hydrogen) atoms. The van der Waals surface area contributed by atoms with Gasteiger partial charge in [-0.05, 0) is 31.7 Å². The topological polar surface area (TPSA) is 52.1 Å². The Balaban J connectivity index is 0.00000480. The van der Waals surface area contributed by atoms with Gasteiger partial charge in [-0.15, -0.1) is 24.0 Å². The number of hydrogen-bond donors (Lipinski definition) is 2. The maximum Gasteiger partial charge on any atom is 0.401 e. The molecule has 0 aromatic carbocycles. The first-order valence-electron chi connectivity index (χ1n) is 11.5. The van der Waals surface area contributed by atoms with Gasteiger partial charge >= 0.3 is 6.18 Å². The van der Waals surface area contributed by atoms with E-state index >= 15 is 0 Å². The highest BCUT2D eigenvalue weighted by Gasteiger charge is 2.34. The summed E-state index contributed by atoms with van der Waals surface area (Å²) in [5.74, 6) is 1.56. The third-order valence-corrected chi connectivity index (χ3v) is 6.22. The van der Waals surface area contributed by atoms with Gasteiger partial charge in [-0.25, -0.2) is 0 Å². The summed E-state index contributed by atoms with van der Waals surface area (Å²) in [5.41, 5.74) is 0. The molecule has 0 saturated carbocycles. The maximum absolute atomic E-state index is 12.6. The number of likely N-dealkylation sites (tertiary alicyclic amines) is 1. The smallest absolute Gasteiger partial charge is 0.379 e. The van der Waals surface area contributed by atoms with E-state index in [0.717, 1.165) is 58.1 Å². The zero-order chi connectivity index (χ0) is 22.0. The number of nitrogens with zero attached hydrogens (tertiary/aromatic N) is 3. The van der Waals surface area contributed by atoms with Crippen molar-refractivity contribution < 1.29 is 17.9 Å². The van der Waals surface area contributed by atoms with Crippen molar-refractivity contribution in [2.75, 3.05) is 65.6 Å². The Labute approximate surface area is 202 Å². The van der Waals surface area contributed by atoms with E-state index in [9.17, 15) is 13.2 Å². The average Bonchev–Trinajstić information content (AvgIpc) is 3.15. The molecule has 2 fully saturated rings. The van der Waals surface area contributed by atoms with Crippen LogP contribution in [0.5, 0.6) is 0 Å². The van der Waals surface area contributed by atoms with Gasteiger partial charge in [-0.3, -0.25) is 14.8 Å². The molecule has 0 amide bonds. The van der Waals surface area contributed by atoms with Crippen LogP contribution in [0.4, 0.5) is 13.2 Å². The van der Waals surface area contributed by atoms with Crippen LogP contribution in [-0.4, -0.2) is 93.5 Å². The Hall–Kier alpha value is -0.330. The highest BCUT2D eigenvalue weighted by atomic mass is 127. The molecule has 2 N–H and O–H groups in total. The molecule has 2 rings (SSSR count). The molecular formula is C21H41F3IN5O. The van der Waals surface area contributed by atoms with Gasteiger partial charge in [0.15, 0.2) is 5.96 Å². The summed E-state index contributed by atoms with van der Waals surface area (Å²) in [6.07, 6.45) is -1.10. The largest absolute Gasteiger partial charge is 0.401 e. The number of alkyl halides is 3. The minimum absolute atomic E-state index is 0. The molecule has 0 aliphatic carbocycles. The zero-order valence-electron chi connectivity index (χ0n) is 19.2. The lowest BCUT2D eigenvalue weighted by Gasteiger charge is -2.38. The van der Waals surface area contributed by atoms with Gasteiger partial charge in [0, 0.05) is 38.8 Å². The highest BCUT2D eigenvalue weighted by Crippen LogP contribution is 2.23. The second kappa shape index (κ2) is 14.7. The predicted octanol–water partition coefficient (Wildman–Crippen LogP) is 3.18. The Morgan fingerprint density at radius 1 is 1.10 bits per heavy atom. The van der Waals surface area contributed by atoms with Gasteiger partial charge in [0.2, 0.25) is 0 Å². The van der Waals surface area contributed by atoms with Crippen LogP contribution in [0, 0.1) is 11.8 Å². The number of aliphatic imine (C=N–C) groups is 1. The SMILES string of the molecule is CCNC(=NCC(C(CC)CC)N1CCOCC1)NCC1CCN(CC(F)(F)F)C1.I. The molecule has 0 bridgehead atoms. The average molecular weight is 563 g/mol. The molecule has 0 radical (unpaired) electrons. The predicted molar refractivity (Wildman–Crippen MR) is 130 cm³/mol. The van der Waals surface area contributed by atoms with E-state index in [1.165, 1.54) is 4.90 Å². The van der Waals surface area contributed by atoms with E-state index in [0.29, 0.717) is 38.1 Å². The molecule has 2 unspecified atom stereocenters. The van der Waals surface area contributed by atoms with Gasteiger partial charge in [0.05, 0.1) is 26.3 Å². The summed E-state index contributed by atoms with van der Waals surface area (Å²) in [4.78, 5) is 8.86. The van der Waals surface area contributed by atoms with Gasteiger partial charge in [0.1, 0.15) is 0 Å². The molecule has 184 valence electrons. The second-order valence-corrected chi connectivity index (χ2v) is 8.40. The minimum Gasteiger partial charge on any atom is -0.379 e. The van der Waals surface area contributed by atoms with Gasteiger partial charge in [-0.2, -0.15) is 13.2 Å². The summed E-state index contributed by atoms with van der Waals surface area (Å²) >= 11 is 0. The van der Waals surface area contributed by atoms with Crippen LogP contribution in [-0.2, 0) is 4.74 Å². The van der Waals surface area contributed by atoms with Crippen molar-refractivity contribution >= 4 is 29.9 Å². The zero-order valence-corrected chi connectivity index (χ0v) is 21.5. The Morgan fingerprint density at radius 3 is 2.35 bits per heavy atom. The third kappa shape index (κ3) is 10.4. The van der Waals surface area contributed by atoms with Crippen LogP contribution in [0.1, 0.15) is 40.0 Å². The van der Waals surface area contributed by atoms with Crippen molar-refractivity contribution in [2.24, 2.45) is 16.8 Å². The van der Waals surface area contributed by atoms with E-state index in [1.54, 1.807) is 0 Å². The number of hydrogen-bond acceptors (Lipinski definition) is 4. The highest BCUT2D eigenvalue weighted by molar-refractivity contribution is 14.0. The van der Waals surface area contributed by atoms with Crippen LogP contribution in [0.2, 0.25) is 0 Å². The molecule has 0 spiro atoms. The number of morpholine rings is 1. The molecule has 2 saturated heterocycles. The normalized spacial score (nSPS) is 22.4. The lowest BCUT2D eigenvalue weighted by atomic mass is 9.92. The Kier molecular flexibility index (Phi) is 13.7. The summed E-state index contributed by atoms with van der Waals surface area (Å²) in [5, 5.41) is 6.66. The van der Waals surface area contributed by atoms with Crippen molar-refractivity contribution in [2.45, 2.75) is 52.3 Å². The van der Waals surface area contributed by atoms with Crippen LogP contribution in [0.25, 0.3) is 0 Å². The second-order valence-electron chi connectivity index (χ2n) is 8.40. The molecular weight excluding hydrogens is 522 g/mol. The van der Waals surface area contributed by atoms with Gasteiger partial charge in [-0.1, -0.05) is 26.7 Å². The van der Waals surface area contributed by atoms with Crippen molar-refractivity contribution in [1.29, 1.82) is 0 Å². The maximum atomic E-state index is 12.6. The first kappa shape index (κ1) is 28.7. The fourth-order valence-electron chi connectivity index (χ4n) is 4.55. The van der Waals surface area contributed by atoms with Gasteiger partial charge in [0.25, 0.3) is 0 Å². The van der Waals surface area contributed by atoms with Gasteiger partial charge < -0.3 is 15.4 Å². The fourth-order valence-corrected chi connectivity index (χ4v) is 4.55.